The van der Waals surface area contributed by atoms with E-state index < -0.39 is 0 Å². The summed E-state index contributed by atoms with van der Waals surface area (Å²) in [7, 11) is 0. The van der Waals surface area contributed by atoms with E-state index in [0.29, 0.717) is 12.6 Å². The van der Waals surface area contributed by atoms with Gasteiger partial charge in [-0.25, -0.2) is 0 Å². The Kier molecular flexibility index (Phi) is 6.33. The van der Waals surface area contributed by atoms with Gasteiger partial charge in [-0.2, -0.15) is 0 Å². The Morgan fingerprint density at radius 2 is 2.05 bits per heavy atom. The molecule has 1 N–H and O–H groups in total. The van der Waals surface area contributed by atoms with Crippen LogP contribution in [0.1, 0.15) is 39.2 Å². The van der Waals surface area contributed by atoms with Gasteiger partial charge >= 0.3 is 0 Å². The third kappa shape index (κ3) is 4.90. The lowest BCUT2D eigenvalue weighted by molar-refractivity contribution is 0.0239. The van der Waals surface area contributed by atoms with Crippen LogP contribution < -0.4 is 14.8 Å². The van der Waals surface area contributed by atoms with Crippen LogP contribution in [0.5, 0.6) is 11.5 Å². The number of hydrogen-bond donors (Lipinski definition) is 1. The maximum Gasteiger partial charge on any atom is 0.166 e. The molecule has 2 rings (SSSR count). The van der Waals surface area contributed by atoms with E-state index in [-0.39, 0.29) is 6.10 Å². The largest absolute Gasteiger partial charge is 0.490 e. The fourth-order valence-corrected chi connectivity index (χ4v) is 2.38. The molecule has 1 aliphatic rings. The van der Waals surface area contributed by atoms with Crippen LogP contribution in [0.4, 0.5) is 0 Å². The molecule has 0 amide bonds. The molecule has 1 aromatic rings. The Labute approximate surface area is 127 Å². The summed E-state index contributed by atoms with van der Waals surface area (Å²) in [5, 5.41) is 3.45. The maximum atomic E-state index is 6.26. The van der Waals surface area contributed by atoms with E-state index in [1.165, 1.54) is 0 Å². The van der Waals surface area contributed by atoms with E-state index in [1.54, 1.807) is 0 Å². The van der Waals surface area contributed by atoms with Gasteiger partial charge in [0.15, 0.2) is 11.5 Å². The monoisotopic (exact) mass is 293 g/mol. The molecule has 0 radical (unpaired) electrons. The molecular weight excluding hydrogens is 266 g/mol. The molecule has 0 bridgehead atoms. The molecular formula is C17H27NO3. The Morgan fingerprint density at radius 3 is 2.71 bits per heavy atom. The van der Waals surface area contributed by atoms with Crippen molar-refractivity contribution in [3.63, 3.8) is 0 Å². The van der Waals surface area contributed by atoms with Gasteiger partial charge in [0.05, 0.1) is 19.8 Å². The average Bonchev–Trinajstić information content (AvgIpc) is 2.49. The molecule has 1 fully saturated rings. The van der Waals surface area contributed by atoms with E-state index in [0.717, 1.165) is 49.7 Å². The van der Waals surface area contributed by atoms with Gasteiger partial charge in [-0.05, 0) is 13.0 Å². The first-order valence-corrected chi connectivity index (χ1v) is 7.93. The minimum absolute atomic E-state index is 0.221. The standard InChI is InChI=1S/C17H27NO3/c1-4-20-16-7-5-6-14(12-18-13(2)3)17(16)21-15-8-10-19-11-9-15/h5-7,13,15,18H,4,8-12H2,1-3H3. The van der Waals surface area contributed by atoms with E-state index >= 15 is 0 Å². The van der Waals surface area contributed by atoms with Crippen molar-refractivity contribution in [2.24, 2.45) is 0 Å². The zero-order valence-electron chi connectivity index (χ0n) is 13.4. The molecule has 1 aromatic carbocycles. The highest BCUT2D eigenvalue weighted by molar-refractivity contribution is 5.46. The lowest BCUT2D eigenvalue weighted by atomic mass is 10.1. The molecule has 4 nitrogen and oxygen atoms in total. The second-order valence-corrected chi connectivity index (χ2v) is 5.64. The Hall–Kier alpha value is -1.26. The second kappa shape index (κ2) is 8.25. The summed E-state index contributed by atoms with van der Waals surface area (Å²) >= 11 is 0. The van der Waals surface area contributed by atoms with Crippen molar-refractivity contribution in [2.75, 3.05) is 19.8 Å². The SMILES string of the molecule is CCOc1cccc(CNC(C)C)c1OC1CCOCC1. The molecule has 0 unspecified atom stereocenters. The summed E-state index contributed by atoms with van der Waals surface area (Å²) in [5.74, 6) is 1.73. The van der Waals surface area contributed by atoms with Crippen LogP contribution >= 0.6 is 0 Å². The lowest BCUT2D eigenvalue weighted by Gasteiger charge is -2.26. The lowest BCUT2D eigenvalue weighted by Crippen LogP contribution is -2.27. The zero-order chi connectivity index (χ0) is 15.1. The van der Waals surface area contributed by atoms with Crippen molar-refractivity contribution in [1.82, 2.24) is 5.32 Å². The molecule has 1 aliphatic heterocycles. The summed E-state index contributed by atoms with van der Waals surface area (Å²) in [5.41, 5.74) is 1.15. The van der Waals surface area contributed by atoms with Gasteiger partial charge < -0.3 is 19.5 Å². The van der Waals surface area contributed by atoms with Crippen LogP contribution in [-0.2, 0) is 11.3 Å². The van der Waals surface area contributed by atoms with Crippen LogP contribution in [-0.4, -0.2) is 32.0 Å². The third-order valence-electron chi connectivity index (χ3n) is 3.51. The topological polar surface area (TPSA) is 39.7 Å². The van der Waals surface area contributed by atoms with Crippen molar-refractivity contribution in [1.29, 1.82) is 0 Å². The highest BCUT2D eigenvalue weighted by Gasteiger charge is 2.19. The molecule has 21 heavy (non-hydrogen) atoms. The number of para-hydroxylation sites is 1. The Morgan fingerprint density at radius 1 is 1.29 bits per heavy atom. The van der Waals surface area contributed by atoms with E-state index in [9.17, 15) is 0 Å². The van der Waals surface area contributed by atoms with Gasteiger partial charge in [-0.3, -0.25) is 0 Å². The predicted octanol–water partition coefficient (Wildman–Crippen LogP) is 3.14. The first-order valence-electron chi connectivity index (χ1n) is 7.93. The molecule has 1 heterocycles. The van der Waals surface area contributed by atoms with Crippen molar-refractivity contribution in [2.45, 2.75) is 52.3 Å². The van der Waals surface area contributed by atoms with Crippen molar-refractivity contribution < 1.29 is 14.2 Å². The smallest absolute Gasteiger partial charge is 0.166 e. The Bertz CT molecular complexity index is 428. The van der Waals surface area contributed by atoms with E-state index in [4.69, 9.17) is 14.2 Å². The minimum atomic E-state index is 0.221. The van der Waals surface area contributed by atoms with Crippen LogP contribution in [0.2, 0.25) is 0 Å². The zero-order valence-corrected chi connectivity index (χ0v) is 13.4. The van der Waals surface area contributed by atoms with Gasteiger partial charge in [0, 0.05) is 31.0 Å². The van der Waals surface area contributed by atoms with Crippen molar-refractivity contribution in [3.05, 3.63) is 23.8 Å². The highest BCUT2D eigenvalue weighted by atomic mass is 16.5. The van der Waals surface area contributed by atoms with Gasteiger partial charge in [-0.15, -0.1) is 0 Å². The average molecular weight is 293 g/mol. The summed E-state index contributed by atoms with van der Waals surface area (Å²) < 4.78 is 17.4. The van der Waals surface area contributed by atoms with E-state index in [1.807, 2.05) is 19.1 Å². The summed E-state index contributed by atoms with van der Waals surface area (Å²) in [6.45, 7) is 9.28. The number of benzene rings is 1. The fraction of sp³-hybridized carbons (Fsp3) is 0.647. The molecule has 118 valence electrons. The fourth-order valence-electron chi connectivity index (χ4n) is 2.38. The number of nitrogens with one attached hydrogen (secondary N) is 1. The molecule has 0 aliphatic carbocycles. The molecule has 0 atom stereocenters. The van der Waals surface area contributed by atoms with Crippen LogP contribution in [0.3, 0.4) is 0 Å². The minimum Gasteiger partial charge on any atom is -0.490 e. The summed E-state index contributed by atoms with van der Waals surface area (Å²) in [4.78, 5) is 0. The molecule has 1 saturated heterocycles. The third-order valence-corrected chi connectivity index (χ3v) is 3.51. The molecule has 0 aromatic heterocycles. The van der Waals surface area contributed by atoms with Crippen LogP contribution in [0.15, 0.2) is 18.2 Å². The number of hydrogen-bond acceptors (Lipinski definition) is 4. The van der Waals surface area contributed by atoms with Gasteiger partial charge in [-0.1, -0.05) is 26.0 Å². The normalized spacial score (nSPS) is 16.2. The molecule has 0 saturated carbocycles. The van der Waals surface area contributed by atoms with Gasteiger partial charge in [0.25, 0.3) is 0 Å². The maximum absolute atomic E-state index is 6.26. The van der Waals surface area contributed by atoms with Gasteiger partial charge in [0.1, 0.15) is 6.10 Å². The molecule has 0 spiro atoms. The first kappa shape index (κ1) is 16.1. The van der Waals surface area contributed by atoms with E-state index in [2.05, 4.69) is 25.2 Å². The first-order chi connectivity index (χ1) is 10.2. The second-order valence-electron chi connectivity index (χ2n) is 5.64. The van der Waals surface area contributed by atoms with Gasteiger partial charge in [0.2, 0.25) is 0 Å². The van der Waals surface area contributed by atoms with Crippen molar-refractivity contribution in [3.8, 4) is 11.5 Å². The van der Waals surface area contributed by atoms with Crippen LogP contribution in [0, 0.1) is 0 Å². The number of ether oxygens (including phenoxy) is 3. The Balaban J connectivity index is 2.15. The number of rotatable bonds is 7. The van der Waals surface area contributed by atoms with Crippen LogP contribution in [0.25, 0.3) is 0 Å². The van der Waals surface area contributed by atoms with Crippen molar-refractivity contribution >= 4 is 0 Å². The quantitative estimate of drug-likeness (QED) is 0.838. The summed E-state index contributed by atoms with van der Waals surface area (Å²) in [6.07, 6.45) is 2.10. The predicted molar refractivity (Wildman–Crippen MR) is 84.1 cm³/mol. The highest BCUT2D eigenvalue weighted by Crippen LogP contribution is 2.33. The summed E-state index contributed by atoms with van der Waals surface area (Å²) in [6, 6.07) is 6.56. The molecule has 4 heteroatoms.